The number of hydrogen-bond acceptors (Lipinski definition) is 3. The van der Waals surface area contributed by atoms with Gasteiger partial charge in [-0.15, -0.1) is 0 Å². The van der Waals surface area contributed by atoms with E-state index in [4.69, 9.17) is 4.74 Å². The number of hydrogen-bond donors (Lipinski definition) is 2. The average molecular weight is 373 g/mol. The van der Waals surface area contributed by atoms with E-state index in [1.54, 1.807) is 4.90 Å². The van der Waals surface area contributed by atoms with Crippen molar-refractivity contribution in [3.8, 4) is 0 Å². The molecular weight excluding hydrogens is 340 g/mol. The molecule has 0 bridgehead atoms. The summed E-state index contributed by atoms with van der Waals surface area (Å²) < 4.78 is 5.09. The molecule has 2 N–H and O–H groups in total. The topological polar surface area (TPSA) is 66.0 Å². The predicted molar refractivity (Wildman–Crippen MR) is 108 cm³/mol. The lowest BCUT2D eigenvalue weighted by Crippen LogP contribution is -2.50. The van der Waals surface area contributed by atoms with Gasteiger partial charge in [0.1, 0.15) is 0 Å². The molecule has 2 aliphatic rings. The fourth-order valence-corrected chi connectivity index (χ4v) is 3.78. The molecule has 148 valence electrons. The van der Waals surface area contributed by atoms with Crippen molar-refractivity contribution in [2.75, 3.05) is 26.2 Å². The first-order valence-corrected chi connectivity index (χ1v) is 10.2. The number of nitrogens with zero attached hydrogens (tertiary/aromatic N) is 2. The number of aliphatic imine (C=N–C) groups is 1. The van der Waals surface area contributed by atoms with Gasteiger partial charge in [-0.05, 0) is 51.2 Å². The van der Waals surface area contributed by atoms with Gasteiger partial charge in [-0.3, -0.25) is 4.99 Å². The fraction of sp³-hybridized carbons (Fsp3) is 0.619. The monoisotopic (exact) mass is 372 g/mol. The number of carbonyl (C=O) groups excluding carboxylic acids is 1. The number of carbonyl (C=O) groups is 1. The highest BCUT2D eigenvalue weighted by Gasteiger charge is 2.40. The van der Waals surface area contributed by atoms with Crippen molar-refractivity contribution in [1.29, 1.82) is 0 Å². The van der Waals surface area contributed by atoms with E-state index < -0.39 is 0 Å². The molecule has 0 aromatic heterocycles. The Hall–Kier alpha value is -2.24. The Morgan fingerprint density at radius 1 is 1.22 bits per heavy atom. The summed E-state index contributed by atoms with van der Waals surface area (Å²) in [6, 6.07) is 9.41. The number of guanidine groups is 1. The third-order valence-corrected chi connectivity index (χ3v) is 5.38. The summed E-state index contributed by atoms with van der Waals surface area (Å²) in [6.07, 6.45) is 2.77. The van der Waals surface area contributed by atoms with Crippen molar-refractivity contribution < 1.29 is 9.53 Å². The number of likely N-dealkylation sites (tertiary alicyclic amines) is 1. The Labute approximate surface area is 162 Å². The van der Waals surface area contributed by atoms with Crippen LogP contribution in [0, 0.1) is 6.92 Å². The molecule has 2 unspecified atom stereocenters. The molecule has 0 radical (unpaired) electrons. The second-order valence-electron chi connectivity index (χ2n) is 7.38. The van der Waals surface area contributed by atoms with E-state index in [1.165, 1.54) is 11.1 Å². The second-order valence-corrected chi connectivity index (χ2v) is 7.38. The molecule has 1 aromatic carbocycles. The number of amides is 1. The molecule has 1 amide bonds. The van der Waals surface area contributed by atoms with Crippen LogP contribution in [0.3, 0.4) is 0 Å². The largest absolute Gasteiger partial charge is 0.450 e. The zero-order chi connectivity index (χ0) is 19.2. The van der Waals surface area contributed by atoms with E-state index in [1.807, 2.05) is 6.92 Å². The lowest BCUT2D eigenvalue weighted by molar-refractivity contribution is 0.0963. The minimum atomic E-state index is -0.199. The lowest BCUT2D eigenvalue weighted by Gasteiger charge is -2.32. The first-order valence-electron chi connectivity index (χ1n) is 10.2. The molecule has 6 heteroatoms. The van der Waals surface area contributed by atoms with Gasteiger partial charge >= 0.3 is 6.09 Å². The Bertz CT molecular complexity index is 668. The highest BCUT2D eigenvalue weighted by molar-refractivity contribution is 5.81. The Balaban J connectivity index is 1.49. The number of benzene rings is 1. The maximum Gasteiger partial charge on any atom is 0.409 e. The summed E-state index contributed by atoms with van der Waals surface area (Å²) >= 11 is 0. The normalized spacial score (nSPS) is 23.1. The fourth-order valence-electron chi connectivity index (χ4n) is 3.78. The molecule has 2 fully saturated rings. The van der Waals surface area contributed by atoms with Crippen LogP contribution < -0.4 is 10.6 Å². The van der Waals surface area contributed by atoms with Crippen molar-refractivity contribution in [3.05, 3.63) is 35.4 Å². The van der Waals surface area contributed by atoms with Gasteiger partial charge in [0.2, 0.25) is 0 Å². The van der Waals surface area contributed by atoms with Gasteiger partial charge in [-0.2, -0.15) is 0 Å². The van der Waals surface area contributed by atoms with Gasteiger partial charge in [-0.1, -0.05) is 24.3 Å². The van der Waals surface area contributed by atoms with E-state index in [9.17, 15) is 4.79 Å². The van der Waals surface area contributed by atoms with E-state index in [0.717, 1.165) is 44.9 Å². The van der Waals surface area contributed by atoms with Crippen LogP contribution >= 0.6 is 0 Å². The minimum absolute atomic E-state index is 0.199. The highest BCUT2D eigenvalue weighted by Crippen LogP contribution is 2.42. The molecule has 0 spiro atoms. The van der Waals surface area contributed by atoms with Gasteiger partial charge in [0, 0.05) is 37.6 Å². The molecule has 1 saturated heterocycles. The number of nitrogens with one attached hydrogen (secondary N) is 2. The van der Waals surface area contributed by atoms with Crippen LogP contribution in [-0.2, 0) is 4.74 Å². The summed E-state index contributed by atoms with van der Waals surface area (Å²) in [6.45, 7) is 8.71. The van der Waals surface area contributed by atoms with E-state index in [2.05, 4.69) is 53.7 Å². The Morgan fingerprint density at radius 2 is 1.96 bits per heavy atom. The zero-order valence-corrected chi connectivity index (χ0v) is 16.7. The molecule has 1 aromatic rings. The highest BCUT2D eigenvalue weighted by atomic mass is 16.6. The quantitative estimate of drug-likeness (QED) is 0.616. The first kappa shape index (κ1) is 19.5. The molecule has 2 atom stereocenters. The Morgan fingerprint density at radius 3 is 2.63 bits per heavy atom. The van der Waals surface area contributed by atoms with Crippen molar-refractivity contribution in [2.45, 2.75) is 58.0 Å². The standard InChI is InChI=1S/C21H32N4O2/c1-4-22-20(23-16-10-12-25(13-11-16)21(26)27-5-2)24-19-14-18(19)17-9-7-6-8-15(17)3/h6-9,16,18-19H,4-5,10-14H2,1-3H3,(H2,22,23,24). The van der Waals surface area contributed by atoms with Crippen molar-refractivity contribution in [3.63, 3.8) is 0 Å². The molecule has 3 rings (SSSR count). The molecule has 27 heavy (non-hydrogen) atoms. The summed E-state index contributed by atoms with van der Waals surface area (Å²) in [4.78, 5) is 18.2. The van der Waals surface area contributed by atoms with Gasteiger partial charge in [0.15, 0.2) is 5.96 Å². The van der Waals surface area contributed by atoms with Gasteiger partial charge in [0.25, 0.3) is 0 Å². The molecule has 6 nitrogen and oxygen atoms in total. The average Bonchev–Trinajstić information content (AvgIpc) is 3.42. The summed E-state index contributed by atoms with van der Waals surface area (Å²) in [5, 5.41) is 7.17. The smallest absolute Gasteiger partial charge is 0.409 e. The number of aryl methyl sites for hydroxylation is 1. The number of ether oxygens (including phenoxy) is 1. The zero-order valence-electron chi connectivity index (χ0n) is 16.7. The SMILES string of the molecule is CCN=C(NC1CCN(C(=O)OCC)CC1)NC1CC1c1ccccc1C. The molecule has 1 aliphatic carbocycles. The first-order chi connectivity index (χ1) is 13.1. The second kappa shape index (κ2) is 9.11. The lowest BCUT2D eigenvalue weighted by atomic mass is 10.0. The van der Waals surface area contributed by atoms with Crippen LogP contribution in [0.5, 0.6) is 0 Å². The minimum Gasteiger partial charge on any atom is -0.450 e. The summed E-state index contributed by atoms with van der Waals surface area (Å²) in [7, 11) is 0. The van der Waals surface area contributed by atoms with Crippen molar-refractivity contribution in [2.24, 2.45) is 4.99 Å². The summed E-state index contributed by atoms with van der Waals surface area (Å²) in [5.74, 6) is 1.47. The van der Waals surface area contributed by atoms with Crippen LogP contribution in [0.25, 0.3) is 0 Å². The van der Waals surface area contributed by atoms with Crippen LogP contribution in [0.2, 0.25) is 0 Å². The Kier molecular flexibility index (Phi) is 6.58. The number of piperidine rings is 1. The number of rotatable bonds is 5. The predicted octanol–water partition coefficient (Wildman–Crippen LogP) is 3.03. The van der Waals surface area contributed by atoms with Gasteiger partial charge in [0.05, 0.1) is 6.61 Å². The molecular formula is C21H32N4O2. The summed E-state index contributed by atoms with van der Waals surface area (Å²) in [5.41, 5.74) is 2.80. The van der Waals surface area contributed by atoms with Gasteiger partial charge < -0.3 is 20.3 Å². The van der Waals surface area contributed by atoms with Crippen LogP contribution in [0.4, 0.5) is 4.79 Å². The maximum absolute atomic E-state index is 11.8. The van der Waals surface area contributed by atoms with E-state index in [-0.39, 0.29) is 6.09 Å². The maximum atomic E-state index is 11.8. The molecule has 1 aliphatic heterocycles. The van der Waals surface area contributed by atoms with Crippen LogP contribution in [-0.4, -0.2) is 55.3 Å². The van der Waals surface area contributed by atoms with Crippen molar-refractivity contribution >= 4 is 12.1 Å². The molecule has 1 heterocycles. The van der Waals surface area contributed by atoms with E-state index in [0.29, 0.717) is 24.6 Å². The van der Waals surface area contributed by atoms with Gasteiger partial charge in [-0.25, -0.2) is 4.79 Å². The third kappa shape index (κ3) is 5.15. The third-order valence-electron chi connectivity index (χ3n) is 5.38. The van der Waals surface area contributed by atoms with Crippen molar-refractivity contribution in [1.82, 2.24) is 15.5 Å². The van der Waals surface area contributed by atoms with Crippen LogP contribution in [0.15, 0.2) is 29.3 Å². The van der Waals surface area contributed by atoms with E-state index >= 15 is 0 Å². The van der Waals surface area contributed by atoms with Crippen LogP contribution in [0.1, 0.15) is 50.2 Å². The molecule has 1 saturated carbocycles.